The highest BCUT2D eigenvalue weighted by Gasteiger charge is 2.23. The molecule has 0 radical (unpaired) electrons. The van der Waals surface area contributed by atoms with Crippen LogP contribution in [0.15, 0.2) is 29.2 Å². The van der Waals surface area contributed by atoms with Crippen molar-refractivity contribution in [1.82, 2.24) is 5.01 Å². The number of hydrazine groups is 1. The van der Waals surface area contributed by atoms with E-state index >= 15 is 0 Å². The summed E-state index contributed by atoms with van der Waals surface area (Å²) in [5.74, 6) is 5.73. The molecule has 1 rings (SSSR count). The number of nitrogens with zero attached hydrogens (tertiary/aromatic N) is 1. The Morgan fingerprint density at radius 3 is 2.40 bits per heavy atom. The molecular formula is C11H16N2O6S. The molecule has 8 nitrogen and oxygen atoms in total. The van der Waals surface area contributed by atoms with E-state index in [1.165, 1.54) is 38.3 Å². The Kier molecular flexibility index (Phi) is 5.31. The number of methoxy groups -OCH3 is 1. The maximum Gasteiger partial charge on any atom is 0.440 e. The van der Waals surface area contributed by atoms with Gasteiger partial charge in [0.05, 0.1) is 19.8 Å². The number of nitrogens with two attached hydrogens (primary N) is 1. The van der Waals surface area contributed by atoms with Crippen LogP contribution in [0.5, 0.6) is 5.75 Å². The molecule has 1 unspecified atom stereocenters. The number of amides is 1. The number of rotatable bonds is 5. The van der Waals surface area contributed by atoms with Crippen molar-refractivity contribution in [2.45, 2.75) is 17.9 Å². The Labute approximate surface area is 116 Å². The molecule has 0 spiro atoms. The van der Waals surface area contributed by atoms with E-state index in [2.05, 4.69) is 4.18 Å². The largest absolute Gasteiger partial charge is 0.497 e. The third-order valence-corrected chi connectivity index (χ3v) is 3.44. The van der Waals surface area contributed by atoms with Gasteiger partial charge < -0.3 is 14.0 Å². The van der Waals surface area contributed by atoms with Crippen molar-refractivity contribution in [2.75, 3.05) is 13.7 Å². The molecule has 0 aromatic heterocycles. The summed E-state index contributed by atoms with van der Waals surface area (Å²) in [6, 6.07) is 5.29. The first-order chi connectivity index (χ1) is 9.26. The van der Waals surface area contributed by atoms with E-state index in [0.29, 0.717) is 10.8 Å². The molecule has 0 aliphatic carbocycles. The van der Waals surface area contributed by atoms with E-state index < -0.39 is 22.3 Å². The third-order valence-electron chi connectivity index (χ3n) is 2.22. The van der Waals surface area contributed by atoms with Crippen molar-refractivity contribution < 1.29 is 27.2 Å². The molecule has 0 aliphatic heterocycles. The van der Waals surface area contributed by atoms with E-state index in [0.717, 1.165) is 0 Å². The zero-order valence-electron chi connectivity index (χ0n) is 11.0. The summed E-state index contributed by atoms with van der Waals surface area (Å²) in [7, 11) is -2.84. The molecule has 0 saturated carbocycles. The molecule has 1 atom stereocenters. The van der Waals surface area contributed by atoms with Crippen LogP contribution in [0.3, 0.4) is 0 Å². The minimum absolute atomic E-state index is 0.211. The summed E-state index contributed by atoms with van der Waals surface area (Å²) in [4.78, 5) is 11.2. The Morgan fingerprint density at radius 2 is 1.95 bits per heavy atom. The summed E-state index contributed by atoms with van der Waals surface area (Å²) in [6.07, 6.45) is -2.18. The van der Waals surface area contributed by atoms with Crippen LogP contribution in [0.25, 0.3) is 0 Å². The highest BCUT2D eigenvalue weighted by Crippen LogP contribution is 2.17. The van der Waals surface area contributed by atoms with Crippen LogP contribution >= 0.6 is 0 Å². The quantitative estimate of drug-likeness (QED) is 0.342. The van der Waals surface area contributed by atoms with Gasteiger partial charge in [-0.05, 0) is 31.2 Å². The molecule has 0 saturated heterocycles. The number of benzene rings is 1. The van der Waals surface area contributed by atoms with Gasteiger partial charge in [-0.2, -0.15) is 8.42 Å². The van der Waals surface area contributed by atoms with E-state index in [1.54, 1.807) is 0 Å². The van der Waals surface area contributed by atoms with Crippen molar-refractivity contribution in [3.63, 3.8) is 0 Å². The lowest BCUT2D eigenvalue weighted by molar-refractivity contribution is 0.111. The topological polar surface area (TPSA) is 119 Å². The van der Waals surface area contributed by atoms with Gasteiger partial charge in [-0.3, -0.25) is 0 Å². The maximum absolute atomic E-state index is 11.8. The van der Waals surface area contributed by atoms with Crippen LogP contribution in [0.2, 0.25) is 0 Å². The molecule has 1 aromatic rings. The Hall–Kier alpha value is -1.84. The van der Waals surface area contributed by atoms with E-state index in [4.69, 9.17) is 15.7 Å². The van der Waals surface area contributed by atoms with Crippen molar-refractivity contribution in [3.05, 3.63) is 24.3 Å². The molecule has 0 fully saturated rings. The molecule has 112 valence electrons. The molecule has 0 aliphatic rings. The summed E-state index contributed by atoms with van der Waals surface area (Å²) in [5.41, 5.74) is 0. The first-order valence-corrected chi connectivity index (χ1v) is 7.00. The Morgan fingerprint density at radius 1 is 1.40 bits per heavy atom. The molecular weight excluding hydrogens is 288 g/mol. The number of carbonyl (C=O) groups is 1. The molecule has 1 amide bonds. The number of hydrogen-bond donors (Lipinski definition) is 2. The van der Waals surface area contributed by atoms with Crippen LogP contribution in [0, 0.1) is 0 Å². The lowest BCUT2D eigenvalue weighted by atomic mass is 10.3. The number of hydrogen-bond acceptors (Lipinski definition) is 7. The molecule has 9 heteroatoms. The summed E-state index contributed by atoms with van der Waals surface area (Å²) >= 11 is 0. The average Bonchev–Trinajstić information content (AvgIpc) is 2.37. The summed E-state index contributed by atoms with van der Waals surface area (Å²) in [6.45, 7) is 1.14. The van der Waals surface area contributed by atoms with Gasteiger partial charge in [0.2, 0.25) is 0 Å². The van der Waals surface area contributed by atoms with Crippen molar-refractivity contribution >= 4 is 16.2 Å². The van der Waals surface area contributed by atoms with Crippen LogP contribution < -0.4 is 10.6 Å². The number of carbonyl (C=O) groups excluding carboxylic acids is 1. The number of aliphatic hydroxyl groups excluding tert-OH is 1. The predicted molar refractivity (Wildman–Crippen MR) is 69.2 cm³/mol. The first kappa shape index (κ1) is 16.2. The minimum Gasteiger partial charge on any atom is -0.497 e. The fourth-order valence-electron chi connectivity index (χ4n) is 1.29. The van der Waals surface area contributed by atoms with Crippen LogP contribution in [-0.4, -0.2) is 44.4 Å². The molecule has 0 heterocycles. The van der Waals surface area contributed by atoms with Gasteiger partial charge in [-0.1, -0.05) is 0 Å². The fraction of sp³-hybridized carbons (Fsp3) is 0.364. The smallest absolute Gasteiger partial charge is 0.440 e. The standard InChI is InChI=1S/C11H16N2O6S/c1-8(14)7-13(12)11(15)19-20(16,17)10-5-3-9(18-2)4-6-10/h3-6,8,14H,7,12H2,1-2H3. The normalized spacial score (nSPS) is 12.6. The lowest BCUT2D eigenvalue weighted by Crippen LogP contribution is -2.43. The highest BCUT2D eigenvalue weighted by molar-refractivity contribution is 7.87. The Bertz CT molecular complexity index is 555. The van der Waals surface area contributed by atoms with Crippen LogP contribution in [0.4, 0.5) is 4.79 Å². The van der Waals surface area contributed by atoms with Gasteiger partial charge >= 0.3 is 16.2 Å². The van der Waals surface area contributed by atoms with Crippen LogP contribution in [-0.2, 0) is 14.3 Å². The predicted octanol–water partition coefficient (Wildman–Crippen LogP) is 0.0770. The van der Waals surface area contributed by atoms with E-state index in [-0.39, 0.29) is 11.4 Å². The van der Waals surface area contributed by atoms with Gasteiger partial charge in [-0.15, -0.1) is 0 Å². The molecule has 3 N–H and O–H groups in total. The van der Waals surface area contributed by atoms with Crippen LogP contribution in [0.1, 0.15) is 6.92 Å². The van der Waals surface area contributed by atoms with Crippen molar-refractivity contribution in [3.8, 4) is 5.75 Å². The number of aliphatic hydroxyl groups is 1. The van der Waals surface area contributed by atoms with Gasteiger partial charge in [0.15, 0.2) is 0 Å². The molecule has 0 bridgehead atoms. The van der Waals surface area contributed by atoms with Gasteiger partial charge in [0.1, 0.15) is 10.6 Å². The zero-order valence-corrected chi connectivity index (χ0v) is 11.8. The third kappa shape index (κ3) is 4.37. The second-order valence-corrected chi connectivity index (χ2v) is 5.53. The summed E-state index contributed by atoms with van der Waals surface area (Å²) in [5, 5.41) is 9.53. The second-order valence-electron chi connectivity index (χ2n) is 3.98. The Balaban J connectivity index is 2.81. The van der Waals surface area contributed by atoms with E-state index in [1.807, 2.05) is 0 Å². The first-order valence-electron chi connectivity index (χ1n) is 5.59. The lowest BCUT2D eigenvalue weighted by Gasteiger charge is -2.17. The zero-order chi connectivity index (χ0) is 15.3. The highest BCUT2D eigenvalue weighted by atomic mass is 32.2. The monoisotopic (exact) mass is 304 g/mol. The minimum atomic E-state index is -4.27. The number of ether oxygens (including phenoxy) is 1. The van der Waals surface area contributed by atoms with Gasteiger partial charge in [-0.25, -0.2) is 15.6 Å². The maximum atomic E-state index is 11.8. The van der Waals surface area contributed by atoms with Crippen molar-refractivity contribution in [1.29, 1.82) is 0 Å². The van der Waals surface area contributed by atoms with Crippen molar-refractivity contribution in [2.24, 2.45) is 5.84 Å². The second kappa shape index (κ2) is 6.55. The van der Waals surface area contributed by atoms with Gasteiger partial charge in [0, 0.05) is 0 Å². The van der Waals surface area contributed by atoms with E-state index in [9.17, 15) is 13.2 Å². The summed E-state index contributed by atoms with van der Waals surface area (Å²) < 4.78 is 32.8. The SMILES string of the molecule is COc1ccc(S(=O)(=O)OC(=O)N(N)CC(C)O)cc1. The molecule has 1 aromatic carbocycles. The fourth-order valence-corrected chi connectivity index (χ4v) is 2.14. The van der Waals surface area contributed by atoms with Gasteiger partial charge in [0.25, 0.3) is 0 Å². The molecule has 20 heavy (non-hydrogen) atoms. The average molecular weight is 304 g/mol.